The molecule has 0 bridgehead atoms. The summed E-state index contributed by atoms with van der Waals surface area (Å²) in [6.07, 6.45) is 4.40. The van der Waals surface area contributed by atoms with E-state index < -0.39 is 0 Å². The highest BCUT2D eigenvalue weighted by Gasteiger charge is 2.15. The minimum absolute atomic E-state index is 0. The van der Waals surface area contributed by atoms with Gasteiger partial charge < -0.3 is 10.6 Å². The highest BCUT2D eigenvalue weighted by atomic mass is 35.5. The fourth-order valence-corrected chi connectivity index (χ4v) is 1.80. The second-order valence-electron chi connectivity index (χ2n) is 3.38. The van der Waals surface area contributed by atoms with Crippen LogP contribution in [0.4, 0.5) is 5.82 Å². The van der Waals surface area contributed by atoms with E-state index in [0.717, 1.165) is 24.5 Å². The number of aromatic nitrogens is 1. The van der Waals surface area contributed by atoms with Crippen LogP contribution in [0.3, 0.4) is 0 Å². The second-order valence-corrected chi connectivity index (χ2v) is 3.38. The maximum atomic E-state index is 5.65. The predicted molar refractivity (Wildman–Crippen MR) is 60.8 cm³/mol. The quantitative estimate of drug-likeness (QED) is 0.811. The van der Waals surface area contributed by atoms with Gasteiger partial charge in [-0.1, -0.05) is 6.07 Å². The van der Waals surface area contributed by atoms with Gasteiger partial charge in [-0.25, -0.2) is 4.98 Å². The lowest BCUT2D eigenvalue weighted by molar-refractivity contribution is 0.907. The lowest BCUT2D eigenvalue weighted by atomic mass is 10.2. The van der Waals surface area contributed by atoms with Crippen molar-refractivity contribution in [1.29, 1.82) is 0 Å². The molecule has 1 aliphatic heterocycles. The van der Waals surface area contributed by atoms with Crippen LogP contribution >= 0.6 is 12.4 Å². The summed E-state index contributed by atoms with van der Waals surface area (Å²) in [5.41, 5.74) is 6.81. The van der Waals surface area contributed by atoms with Crippen molar-refractivity contribution in [3.63, 3.8) is 0 Å². The molecule has 4 heteroatoms. The van der Waals surface area contributed by atoms with E-state index in [9.17, 15) is 0 Å². The number of hydrogen-bond donors (Lipinski definition) is 1. The van der Waals surface area contributed by atoms with Crippen molar-refractivity contribution in [2.24, 2.45) is 5.73 Å². The molecule has 1 aromatic rings. The molecule has 0 unspecified atom stereocenters. The molecular formula is C10H16ClN3. The maximum Gasteiger partial charge on any atom is 0.132 e. The summed E-state index contributed by atoms with van der Waals surface area (Å²) in [5, 5.41) is 0. The topological polar surface area (TPSA) is 42.1 Å². The molecule has 14 heavy (non-hydrogen) atoms. The molecule has 0 radical (unpaired) electrons. The first-order valence-electron chi connectivity index (χ1n) is 4.81. The molecule has 0 saturated carbocycles. The molecule has 2 heterocycles. The molecule has 0 atom stereocenters. The summed E-state index contributed by atoms with van der Waals surface area (Å²) in [6, 6.07) is 4.00. The molecule has 3 nitrogen and oxygen atoms in total. The van der Waals surface area contributed by atoms with E-state index >= 15 is 0 Å². The Morgan fingerprint density at radius 1 is 1.36 bits per heavy atom. The van der Waals surface area contributed by atoms with Crippen molar-refractivity contribution in [1.82, 2.24) is 4.98 Å². The fraction of sp³-hybridized carbons (Fsp3) is 0.500. The van der Waals surface area contributed by atoms with E-state index in [-0.39, 0.29) is 12.4 Å². The smallest absolute Gasteiger partial charge is 0.132 e. The summed E-state index contributed by atoms with van der Waals surface area (Å²) in [7, 11) is 0. The summed E-state index contributed by atoms with van der Waals surface area (Å²) in [6.45, 7) is 2.84. The van der Waals surface area contributed by atoms with Gasteiger partial charge in [-0.3, -0.25) is 0 Å². The number of rotatable bonds is 2. The molecular weight excluding hydrogens is 198 g/mol. The Hall–Kier alpha value is -0.800. The van der Waals surface area contributed by atoms with Gasteiger partial charge in [0.05, 0.1) is 0 Å². The van der Waals surface area contributed by atoms with Crippen molar-refractivity contribution in [2.75, 3.05) is 18.0 Å². The Balaban J connectivity index is 0.000000980. The van der Waals surface area contributed by atoms with Crippen molar-refractivity contribution >= 4 is 18.2 Å². The average Bonchev–Trinajstić information content (AvgIpc) is 2.70. The number of nitrogens with two attached hydrogens (primary N) is 1. The highest BCUT2D eigenvalue weighted by Crippen LogP contribution is 2.20. The Kier molecular flexibility index (Phi) is 4.17. The minimum Gasteiger partial charge on any atom is -0.356 e. The Morgan fingerprint density at radius 3 is 2.71 bits per heavy atom. The van der Waals surface area contributed by atoms with Crippen LogP contribution in [-0.2, 0) is 6.54 Å². The molecule has 2 rings (SSSR count). The third-order valence-corrected chi connectivity index (χ3v) is 2.49. The molecule has 1 saturated heterocycles. The zero-order valence-corrected chi connectivity index (χ0v) is 8.96. The zero-order valence-electron chi connectivity index (χ0n) is 8.15. The third-order valence-electron chi connectivity index (χ3n) is 2.49. The van der Waals surface area contributed by atoms with Gasteiger partial charge in [-0.15, -0.1) is 12.4 Å². The zero-order chi connectivity index (χ0) is 9.10. The molecule has 1 aliphatic rings. The van der Waals surface area contributed by atoms with Gasteiger partial charge in [0.25, 0.3) is 0 Å². The standard InChI is InChI=1S/C10H15N3.ClH/c11-8-9-4-3-5-12-10(9)13-6-1-2-7-13;/h3-5H,1-2,6-8,11H2;1H. The highest BCUT2D eigenvalue weighted by molar-refractivity contribution is 5.85. The summed E-state index contributed by atoms with van der Waals surface area (Å²) >= 11 is 0. The van der Waals surface area contributed by atoms with E-state index in [0.29, 0.717) is 6.54 Å². The van der Waals surface area contributed by atoms with Gasteiger partial charge in [0, 0.05) is 31.4 Å². The van der Waals surface area contributed by atoms with Crippen molar-refractivity contribution in [2.45, 2.75) is 19.4 Å². The number of nitrogens with zero attached hydrogens (tertiary/aromatic N) is 2. The first-order valence-corrected chi connectivity index (χ1v) is 4.81. The SMILES string of the molecule is Cl.NCc1cccnc1N1CCCC1. The number of anilines is 1. The van der Waals surface area contributed by atoms with Crippen molar-refractivity contribution < 1.29 is 0 Å². The number of pyridine rings is 1. The largest absolute Gasteiger partial charge is 0.356 e. The van der Waals surface area contributed by atoms with Gasteiger partial charge in [-0.05, 0) is 18.9 Å². The summed E-state index contributed by atoms with van der Waals surface area (Å²) in [4.78, 5) is 6.70. The average molecular weight is 214 g/mol. The van der Waals surface area contributed by atoms with E-state index in [4.69, 9.17) is 5.73 Å². The molecule has 0 aliphatic carbocycles. The Morgan fingerprint density at radius 2 is 2.07 bits per heavy atom. The Bertz CT molecular complexity index is 284. The van der Waals surface area contributed by atoms with Crippen LogP contribution in [0.2, 0.25) is 0 Å². The summed E-state index contributed by atoms with van der Waals surface area (Å²) in [5.74, 6) is 1.09. The first kappa shape index (κ1) is 11.3. The Labute approximate surface area is 90.7 Å². The van der Waals surface area contributed by atoms with Gasteiger partial charge in [-0.2, -0.15) is 0 Å². The maximum absolute atomic E-state index is 5.65. The molecule has 78 valence electrons. The molecule has 0 spiro atoms. The van der Waals surface area contributed by atoms with Crippen molar-refractivity contribution in [3.05, 3.63) is 23.9 Å². The van der Waals surface area contributed by atoms with E-state index in [1.165, 1.54) is 12.8 Å². The van der Waals surface area contributed by atoms with E-state index in [1.54, 1.807) is 0 Å². The van der Waals surface area contributed by atoms with E-state index in [1.807, 2.05) is 12.3 Å². The molecule has 1 aromatic heterocycles. The monoisotopic (exact) mass is 213 g/mol. The van der Waals surface area contributed by atoms with Crippen molar-refractivity contribution in [3.8, 4) is 0 Å². The van der Waals surface area contributed by atoms with Crippen LogP contribution < -0.4 is 10.6 Å². The first-order chi connectivity index (χ1) is 6.42. The molecule has 0 aromatic carbocycles. The predicted octanol–water partition coefficient (Wildman–Crippen LogP) is 1.56. The van der Waals surface area contributed by atoms with Gasteiger partial charge in [0.15, 0.2) is 0 Å². The van der Waals surface area contributed by atoms with Crippen LogP contribution in [-0.4, -0.2) is 18.1 Å². The van der Waals surface area contributed by atoms with Crippen LogP contribution in [0, 0.1) is 0 Å². The fourth-order valence-electron chi connectivity index (χ4n) is 1.80. The van der Waals surface area contributed by atoms with Gasteiger partial charge in [0.1, 0.15) is 5.82 Å². The van der Waals surface area contributed by atoms with E-state index in [2.05, 4.69) is 16.0 Å². The molecule has 2 N–H and O–H groups in total. The van der Waals surface area contributed by atoms with Crippen LogP contribution in [0.5, 0.6) is 0 Å². The number of hydrogen-bond acceptors (Lipinski definition) is 3. The summed E-state index contributed by atoms with van der Waals surface area (Å²) < 4.78 is 0. The van der Waals surface area contributed by atoms with Gasteiger partial charge in [0.2, 0.25) is 0 Å². The van der Waals surface area contributed by atoms with Crippen LogP contribution in [0.15, 0.2) is 18.3 Å². The number of halogens is 1. The van der Waals surface area contributed by atoms with Gasteiger partial charge >= 0.3 is 0 Å². The van der Waals surface area contributed by atoms with Crippen LogP contribution in [0.1, 0.15) is 18.4 Å². The minimum atomic E-state index is 0. The van der Waals surface area contributed by atoms with Crippen LogP contribution in [0.25, 0.3) is 0 Å². The normalized spacial score (nSPS) is 15.4. The molecule has 0 amide bonds. The lowest BCUT2D eigenvalue weighted by Crippen LogP contribution is -2.21. The lowest BCUT2D eigenvalue weighted by Gasteiger charge is -2.18. The molecule has 1 fully saturated rings. The second kappa shape index (κ2) is 5.17. The third kappa shape index (κ3) is 2.16.